The minimum absolute atomic E-state index is 0.102. The second-order valence-corrected chi connectivity index (χ2v) is 8.53. The molecule has 2 heterocycles. The molecule has 4 rings (SSSR count). The first-order chi connectivity index (χ1) is 12.9. The monoisotopic (exact) mass is 400 g/mol. The number of rotatable bonds is 3. The SMILES string of the molecule is CC(C)(C(=O)N1CCCC1c1ccc(Cl)cc1)n1ccc2cc(Cl)ccc21. The maximum Gasteiger partial charge on any atom is 0.248 e. The van der Waals surface area contributed by atoms with Crippen molar-refractivity contribution in [1.82, 2.24) is 9.47 Å². The average Bonchev–Trinajstić information content (AvgIpc) is 3.28. The number of hydrogen-bond acceptors (Lipinski definition) is 1. The number of carbonyl (C=O) groups is 1. The summed E-state index contributed by atoms with van der Waals surface area (Å²) < 4.78 is 2.05. The van der Waals surface area contributed by atoms with Crippen LogP contribution >= 0.6 is 23.2 Å². The lowest BCUT2D eigenvalue weighted by Crippen LogP contribution is -2.46. The van der Waals surface area contributed by atoms with Gasteiger partial charge in [-0.15, -0.1) is 0 Å². The molecule has 0 bridgehead atoms. The number of aromatic nitrogens is 1. The van der Waals surface area contributed by atoms with Crippen LogP contribution in [0.5, 0.6) is 0 Å². The number of hydrogen-bond donors (Lipinski definition) is 0. The van der Waals surface area contributed by atoms with Crippen molar-refractivity contribution in [3.63, 3.8) is 0 Å². The molecule has 27 heavy (non-hydrogen) atoms. The van der Waals surface area contributed by atoms with Crippen LogP contribution < -0.4 is 0 Å². The molecule has 1 aromatic heterocycles. The van der Waals surface area contributed by atoms with Crippen LogP contribution in [-0.4, -0.2) is 21.9 Å². The van der Waals surface area contributed by atoms with Gasteiger partial charge in [0.25, 0.3) is 0 Å². The van der Waals surface area contributed by atoms with Crippen molar-refractivity contribution in [2.75, 3.05) is 6.54 Å². The van der Waals surface area contributed by atoms with Crippen molar-refractivity contribution >= 4 is 40.0 Å². The Morgan fingerprint density at radius 3 is 2.48 bits per heavy atom. The molecular formula is C22H22Cl2N2O. The van der Waals surface area contributed by atoms with Crippen LogP contribution in [0.4, 0.5) is 0 Å². The highest BCUT2D eigenvalue weighted by Crippen LogP contribution is 2.36. The van der Waals surface area contributed by atoms with Crippen molar-refractivity contribution in [2.45, 2.75) is 38.3 Å². The van der Waals surface area contributed by atoms with Crippen LogP contribution in [0.25, 0.3) is 10.9 Å². The Hall–Kier alpha value is -1.97. The van der Waals surface area contributed by atoms with Crippen molar-refractivity contribution in [2.24, 2.45) is 0 Å². The van der Waals surface area contributed by atoms with Gasteiger partial charge in [-0.25, -0.2) is 0 Å². The molecule has 140 valence electrons. The van der Waals surface area contributed by atoms with Gasteiger partial charge in [0.15, 0.2) is 0 Å². The molecule has 1 atom stereocenters. The average molecular weight is 401 g/mol. The van der Waals surface area contributed by atoms with Gasteiger partial charge >= 0.3 is 0 Å². The number of fused-ring (bicyclic) bond motifs is 1. The number of likely N-dealkylation sites (tertiary alicyclic amines) is 1. The molecule has 2 aromatic carbocycles. The number of nitrogens with zero attached hydrogens (tertiary/aromatic N) is 2. The summed E-state index contributed by atoms with van der Waals surface area (Å²) in [6, 6.07) is 15.7. The second kappa shape index (κ2) is 6.88. The summed E-state index contributed by atoms with van der Waals surface area (Å²) in [7, 11) is 0. The van der Waals surface area contributed by atoms with Gasteiger partial charge in [-0.1, -0.05) is 35.3 Å². The molecular weight excluding hydrogens is 379 g/mol. The molecule has 0 N–H and O–H groups in total. The van der Waals surface area contributed by atoms with E-state index in [1.165, 1.54) is 0 Å². The van der Waals surface area contributed by atoms with E-state index in [0.717, 1.165) is 35.9 Å². The van der Waals surface area contributed by atoms with Gasteiger partial charge in [-0.05, 0) is 68.7 Å². The zero-order chi connectivity index (χ0) is 19.2. The van der Waals surface area contributed by atoms with Crippen LogP contribution in [0.2, 0.25) is 10.0 Å². The quantitative estimate of drug-likeness (QED) is 0.525. The van der Waals surface area contributed by atoms with E-state index in [2.05, 4.69) is 4.57 Å². The molecule has 1 aliphatic heterocycles. The molecule has 5 heteroatoms. The van der Waals surface area contributed by atoms with E-state index in [1.807, 2.05) is 73.5 Å². The van der Waals surface area contributed by atoms with Crippen LogP contribution in [0.3, 0.4) is 0 Å². The highest BCUT2D eigenvalue weighted by Gasteiger charge is 2.39. The van der Waals surface area contributed by atoms with Gasteiger partial charge in [0, 0.05) is 33.7 Å². The number of halogens is 2. The third-order valence-electron chi connectivity index (χ3n) is 5.55. The molecule has 1 unspecified atom stereocenters. The maximum atomic E-state index is 13.6. The highest BCUT2D eigenvalue weighted by molar-refractivity contribution is 6.31. The Bertz CT molecular complexity index is 991. The van der Waals surface area contributed by atoms with Crippen molar-refractivity contribution in [3.05, 3.63) is 70.3 Å². The topological polar surface area (TPSA) is 25.2 Å². The molecule has 0 radical (unpaired) electrons. The van der Waals surface area contributed by atoms with E-state index in [9.17, 15) is 4.79 Å². The van der Waals surface area contributed by atoms with E-state index in [4.69, 9.17) is 23.2 Å². The molecule has 3 aromatic rings. The fourth-order valence-corrected chi connectivity index (χ4v) is 4.40. The Labute approximate surface area is 169 Å². The first kappa shape index (κ1) is 18.4. The van der Waals surface area contributed by atoms with E-state index >= 15 is 0 Å². The molecule has 0 spiro atoms. The minimum atomic E-state index is -0.690. The van der Waals surface area contributed by atoms with Crippen LogP contribution in [-0.2, 0) is 10.3 Å². The molecule has 0 saturated carbocycles. The smallest absolute Gasteiger partial charge is 0.248 e. The lowest BCUT2D eigenvalue weighted by molar-refractivity contribution is -0.140. The summed E-state index contributed by atoms with van der Waals surface area (Å²) in [4.78, 5) is 15.6. The second-order valence-electron chi connectivity index (χ2n) is 7.66. The minimum Gasteiger partial charge on any atom is -0.334 e. The van der Waals surface area contributed by atoms with Gasteiger partial charge in [0.05, 0.1) is 6.04 Å². The largest absolute Gasteiger partial charge is 0.334 e. The van der Waals surface area contributed by atoms with E-state index < -0.39 is 5.54 Å². The Morgan fingerprint density at radius 2 is 1.74 bits per heavy atom. The van der Waals surface area contributed by atoms with Crippen LogP contribution in [0.1, 0.15) is 38.3 Å². The molecule has 3 nitrogen and oxygen atoms in total. The van der Waals surface area contributed by atoms with E-state index in [-0.39, 0.29) is 11.9 Å². The highest BCUT2D eigenvalue weighted by atomic mass is 35.5. The fourth-order valence-electron chi connectivity index (χ4n) is 4.10. The van der Waals surface area contributed by atoms with Gasteiger partial charge < -0.3 is 9.47 Å². The Morgan fingerprint density at radius 1 is 1.04 bits per heavy atom. The van der Waals surface area contributed by atoms with Gasteiger partial charge in [0.1, 0.15) is 5.54 Å². The predicted molar refractivity (Wildman–Crippen MR) is 111 cm³/mol. The fraction of sp³-hybridized carbons (Fsp3) is 0.318. The summed E-state index contributed by atoms with van der Waals surface area (Å²) >= 11 is 12.1. The van der Waals surface area contributed by atoms with Crippen LogP contribution in [0, 0.1) is 0 Å². The van der Waals surface area contributed by atoms with E-state index in [0.29, 0.717) is 10.0 Å². The zero-order valence-electron chi connectivity index (χ0n) is 15.5. The molecule has 1 amide bonds. The molecule has 1 saturated heterocycles. The lowest BCUT2D eigenvalue weighted by Gasteiger charge is -2.35. The normalized spacial score (nSPS) is 17.6. The lowest BCUT2D eigenvalue weighted by atomic mass is 9.99. The molecule has 0 aliphatic carbocycles. The van der Waals surface area contributed by atoms with Crippen molar-refractivity contribution < 1.29 is 4.79 Å². The third-order valence-corrected chi connectivity index (χ3v) is 6.03. The van der Waals surface area contributed by atoms with Gasteiger partial charge in [-0.3, -0.25) is 4.79 Å². The standard InChI is InChI=1S/C22H22Cl2N2O/c1-22(2,26-13-11-16-14-18(24)9-10-20(16)26)21(27)25-12-3-4-19(25)15-5-7-17(23)8-6-15/h5-11,13-14,19H,3-4,12H2,1-2H3. The molecule has 1 aliphatic rings. The summed E-state index contributed by atoms with van der Waals surface area (Å²) in [5.41, 5.74) is 1.47. The summed E-state index contributed by atoms with van der Waals surface area (Å²) in [6.07, 6.45) is 3.97. The number of carbonyl (C=O) groups excluding carboxylic acids is 1. The number of amides is 1. The summed E-state index contributed by atoms with van der Waals surface area (Å²) in [6.45, 7) is 4.75. The first-order valence-corrected chi connectivity index (χ1v) is 9.97. The van der Waals surface area contributed by atoms with Crippen molar-refractivity contribution in [1.29, 1.82) is 0 Å². The Kier molecular flexibility index (Phi) is 4.69. The summed E-state index contributed by atoms with van der Waals surface area (Å²) in [5.74, 6) is 0.132. The maximum absolute atomic E-state index is 13.6. The predicted octanol–water partition coefficient (Wildman–Crippen LogP) is 6.05. The molecule has 1 fully saturated rings. The first-order valence-electron chi connectivity index (χ1n) is 9.21. The van der Waals surface area contributed by atoms with Gasteiger partial charge in [-0.2, -0.15) is 0 Å². The van der Waals surface area contributed by atoms with Gasteiger partial charge in [0.2, 0.25) is 5.91 Å². The zero-order valence-corrected chi connectivity index (χ0v) is 17.0. The Balaban J connectivity index is 1.68. The summed E-state index contributed by atoms with van der Waals surface area (Å²) in [5, 5.41) is 2.46. The van der Waals surface area contributed by atoms with Crippen molar-refractivity contribution in [3.8, 4) is 0 Å². The number of benzene rings is 2. The van der Waals surface area contributed by atoms with E-state index in [1.54, 1.807) is 0 Å². The third kappa shape index (κ3) is 3.24. The van der Waals surface area contributed by atoms with Crippen LogP contribution in [0.15, 0.2) is 54.7 Å².